The average Bonchev–Trinajstić information content (AvgIpc) is 2.63. The van der Waals surface area contributed by atoms with Gasteiger partial charge in [-0.3, -0.25) is 4.79 Å². The molecule has 0 bridgehead atoms. The first-order valence-electron chi connectivity index (χ1n) is 9.89. The van der Waals surface area contributed by atoms with Gasteiger partial charge in [0.1, 0.15) is 5.83 Å². The normalized spacial score (nSPS) is 32.5. The Morgan fingerprint density at radius 2 is 1.88 bits per heavy atom. The van der Waals surface area contributed by atoms with Crippen LogP contribution in [0.3, 0.4) is 0 Å². The SMILES string of the molecule is CCCCCOC1(C(=O)C[C@H]2CC[C@H](CC)CC2)C=CC=C(F)C1F. The number of hydrogen-bond donors (Lipinski definition) is 0. The molecule has 4 heteroatoms. The van der Waals surface area contributed by atoms with E-state index in [1.807, 2.05) is 0 Å². The van der Waals surface area contributed by atoms with Crippen molar-refractivity contribution in [3.8, 4) is 0 Å². The van der Waals surface area contributed by atoms with E-state index < -0.39 is 17.6 Å². The lowest BCUT2D eigenvalue weighted by atomic mass is 9.76. The minimum absolute atomic E-state index is 0.265. The monoisotopic (exact) mass is 354 g/mol. The van der Waals surface area contributed by atoms with Crippen molar-refractivity contribution in [2.75, 3.05) is 6.61 Å². The van der Waals surface area contributed by atoms with Crippen molar-refractivity contribution in [1.82, 2.24) is 0 Å². The molecule has 25 heavy (non-hydrogen) atoms. The molecule has 2 rings (SSSR count). The average molecular weight is 354 g/mol. The first kappa shape index (κ1) is 20.3. The van der Waals surface area contributed by atoms with Crippen molar-refractivity contribution in [3.05, 3.63) is 24.1 Å². The molecule has 1 saturated carbocycles. The number of rotatable bonds is 9. The largest absolute Gasteiger partial charge is 0.359 e. The number of alkyl halides is 1. The van der Waals surface area contributed by atoms with E-state index in [2.05, 4.69) is 13.8 Å². The van der Waals surface area contributed by atoms with E-state index in [1.165, 1.54) is 18.6 Å². The molecule has 0 radical (unpaired) electrons. The molecule has 2 unspecified atom stereocenters. The Bertz CT molecular complexity index is 492. The highest BCUT2D eigenvalue weighted by Gasteiger charge is 2.49. The predicted molar refractivity (Wildman–Crippen MR) is 96.8 cm³/mol. The molecular weight excluding hydrogens is 322 g/mol. The summed E-state index contributed by atoms with van der Waals surface area (Å²) >= 11 is 0. The van der Waals surface area contributed by atoms with Crippen LogP contribution in [0.25, 0.3) is 0 Å². The fourth-order valence-corrected chi connectivity index (χ4v) is 3.95. The van der Waals surface area contributed by atoms with Gasteiger partial charge in [0.2, 0.25) is 0 Å². The summed E-state index contributed by atoms with van der Waals surface area (Å²) in [6.07, 6.45) is 10.3. The number of ketones is 1. The molecule has 0 aromatic rings. The van der Waals surface area contributed by atoms with Gasteiger partial charge < -0.3 is 4.74 Å². The van der Waals surface area contributed by atoms with Crippen LogP contribution in [0.5, 0.6) is 0 Å². The second-order valence-electron chi connectivity index (χ2n) is 7.54. The Labute approximate surface area is 150 Å². The molecule has 1 fully saturated rings. The van der Waals surface area contributed by atoms with Gasteiger partial charge in [-0.1, -0.05) is 52.0 Å². The van der Waals surface area contributed by atoms with Crippen LogP contribution in [0.2, 0.25) is 0 Å². The topological polar surface area (TPSA) is 26.3 Å². The highest BCUT2D eigenvalue weighted by molar-refractivity contribution is 5.91. The molecule has 0 aliphatic heterocycles. The summed E-state index contributed by atoms with van der Waals surface area (Å²) in [5.41, 5.74) is -1.77. The minimum atomic E-state index is -2.03. The van der Waals surface area contributed by atoms with Crippen LogP contribution in [0.15, 0.2) is 24.1 Å². The summed E-state index contributed by atoms with van der Waals surface area (Å²) in [6.45, 7) is 4.54. The lowest BCUT2D eigenvalue weighted by molar-refractivity contribution is -0.147. The second-order valence-corrected chi connectivity index (χ2v) is 7.54. The predicted octanol–water partition coefficient (Wildman–Crippen LogP) is 5.87. The molecule has 0 aromatic carbocycles. The van der Waals surface area contributed by atoms with Gasteiger partial charge in [0.25, 0.3) is 0 Å². The number of carbonyl (C=O) groups excluding carboxylic acids is 1. The maximum Gasteiger partial charge on any atom is 0.191 e. The van der Waals surface area contributed by atoms with Gasteiger partial charge in [-0.2, -0.15) is 0 Å². The quantitative estimate of drug-likeness (QED) is 0.484. The summed E-state index contributed by atoms with van der Waals surface area (Å²) in [7, 11) is 0. The third-order valence-electron chi connectivity index (χ3n) is 5.76. The number of ether oxygens (including phenoxy) is 1. The van der Waals surface area contributed by atoms with E-state index in [0.717, 1.165) is 56.9 Å². The van der Waals surface area contributed by atoms with Gasteiger partial charge >= 0.3 is 0 Å². The number of allylic oxidation sites excluding steroid dienone is 2. The van der Waals surface area contributed by atoms with Gasteiger partial charge in [0.05, 0.1) is 0 Å². The van der Waals surface area contributed by atoms with Gasteiger partial charge in [0, 0.05) is 13.0 Å². The number of carbonyl (C=O) groups is 1. The Morgan fingerprint density at radius 3 is 2.52 bits per heavy atom. The van der Waals surface area contributed by atoms with Crippen LogP contribution in [0, 0.1) is 11.8 Å². The first-order chi connectivity index (χ1) is 12.0. The van der Waals surface area contributed by atoms with Crippen molar-refractivity contribution in [3.63, 3.8) is 0 Å². The van der Waals surface area contributed by atoms with E-state index in [1.54, 1.807) is 0 Å². The van der Waals surface area contributed by atoms with E-state index in [0.29, 0.717) is 0 Å². The zero-order valence-corrected chi connectivity index (χ0v) is 15.6. The van der Waals surface area contributed by atoms with Crippen LogP contribution in [-0.2, 0) is 9.53 Å². The van der Waals surface area contributed by atoms with E-state index >= 15 is 0 Å². The van der Waals surface area contributed by atoms with Crippen LogP contribution >= 0.6 is 0 Å². The van der Waals surface area contributed by atoms with Crippen molar-refractivity contribution in [2.24, 2.45) is 11.8 Å². The summed E-state index contributed by atoms with van der Waals surface area (Å²) in [5.74, 6) is -0.215. The number of unbranched alkanes of at least 4 members (excludes halogenated alkanes) is 2. The zero-order valence-electron chi connectivity index (χ0n) is 15.6. The van der Waals surface area contributed by atoms with Crippen molar-refractivity contribution in [2.45, 2.75) is 83.4 Å². The van der Waals surface area contributed by atoms with Crippen LogP contribution in [-0.4, -0.2) is 24.2 Å². The van der Waals surface area contributed by atoms with Gasteiger partial charge in [0.15, 0.2) is 17.6 Å². The molecule has 0 spiro atoms. The summed E-state index contributed by atoms with van der Waals surface area (Å²) < 4.78 is 34.3. The van der Waals surface area contributed by atoms with Gasteiger partial charge in [-0.15, -0.1) is 0 Å². The highest BCUT2D eigenvalue weighted by atomic mass is 19.2. The lowest BCUT2D eigenvalue weighted by Crippen LogP contribution is -2.50. The van der Waals surface area contributed by atoms with Crippen molar-refractivity contribution < 1.29 is 18.3 Å². The first-order valence-corrected chi connectivity index (χ1v) is 9.89. The second kappa shape index (κ2) is 9.61. The van der Waals surface area contributed by atoms with Gasteiger partial charge in [-0.05, 0) is 43.3 Å². The van der Waals surface area contributed by atoms with Crippen molar-refractivity contribution in [1.29, 1.82) is 0 Å². The summed E-state index contributed by atoms with van der Waals surface area (Å²) in [5, 5.41) is 0. The van der Waals surface area contributed by atoms with E-state index in [-0.39, 0.29) is 24.7 Å². The Balaban J connectivity index is 2.03. The van der Waals surface area contributed by atoms with Crippen LogP contribution < -0.4 is 0 Å². The molecular formula is C21H32F2O2. The van der Waals surface area contributed by atoms with Crippen molar-refractivity contribution >= 4 is 5.78 Å². The third kappa shape index (κ3) is 4.99. The Morgan fingerprint density at radius 1 is 1.20 bits per heavy atom. The molecule has 0 saturated heterocycles. The Kier molecular flexibility index (Phi) is 7.80. The van der Waals surface area contributed by atoms with E-state index in [9.17, 15) is 13.6 Å². The molecule has 2 atom stereocenters. The molecule has 2 aliphatic carbocycles. The molecule has 0 aromatic heterocycles. The summed E-state index contributed by atoms with van der Waals surface area (Å²) in [4.78, 5) is 12.9. The smallest absolute Gasteiger partial charge is 0.191 e. The maximum absolute atomic E-state index is 14.7. The summed E-state index contributed by atoms with van der Waals surface area (Å²) in [6, 6.07) is 0. The van der Waals surface area contributed by atoms with Crippen LogP contribution in [0.1, 0.15) is 71.6 Å². The maximum atomic E-state index is 14.7. The third-order valence-corrected chi connectivity index (χ3v) is 5.76. The molecule has 142 valence electrons. The zero-order chi connectivity index (χ0) is 18.3. The minimum Gasteiger partial charge on any atom is -0.359 e. The Hall–Kier alpha value is -1.03. The number of Topliss-reactive ketones (excluding diaryl/α,β-unsaturated/α-hetero) is 1. The number of hydrogen-bond acceptors (Lipinski definition) is 2. The molecule has 0 N–H and O–H groups in total. The van der Waals surface area contributed by atoms with Crippen LogP contribution in [0.4, 0.5) is 8.78 Å². The standard InChI is InChI=1S/C21H32F2O2/c1-3-5-6-14-25-21(13-7-8-18(22)20(21)23)19(24)15-17-11-9-16(4-2)10-12-17/h7-8,13,16-17,20H,3-6,9-12,14-15H2,1-2H3/t16-,17-,20?,21?. The highest BCUT2D eigenvalue weighted by Crippen LogP contribution is 2.38. The fraction of sp³-hybridized carbons (Fsp3) is 0.762. The lowest BCUT2D eigenvalue weighted by Gasteiger charge is -2.36. The molecule has 2 aliphatic rings. The van der Waals surface area contributed by atoms with Gasteiger partial charge in [-0.25, -0.2) is 8.78 Å². The molecule has 0 amide bonds. The van der Waals surface area contributed by atoms with E-state index in [4.69, 9.17) is 4.74 Å². The molecule has 2 nitrogen and oxygen atoms in total. The number of halogens is 2. The fourth-order valence-electron chi connectivity index (χ4n) is 3.95. The molecule has 0 heterocycles.